The van der Waals surface area contributed by atoms with Crippen LogP contribution in [-0.2, 0) is 11.3 Å². The molecule has 19 heavy (non-hydrogen) atoms. The first-order valence-corrected chi connectivity index (χ1v) is 6.37. The summed E-state index contributed by atoms with van der Waals surface area (Å²) < 4.78 is 0. The Labute approximate surface area is 110 Å². The topological polar surface area (TPSA) is 98.8 Å². The Morgan fingerprint density at radius 3 is 2.84 bits per heavy atom. The van der Waals surface area contributed by atoms with Crippen molar-refractivity contribution in [2.45, 2.75) is 37.9 Å². The van der Waals surface area contributed by atoms with Crippen LogP contribution in [0.15, 0.2) is 18.2 Å². The molecule has 1 aromatic rings. The van der Waals surface area contributed by atoms with Gasteiger partial charge in [0.2, 0.25) is 5.91 Å². The smallest absolute Gasteiger partial charge is 0.239 e. The summed E-state index contributed by atoms with van der Waals surface area (Å²) in [6, 6.07) is 4.96. The number of anilines is 1. The number of nitrogens with zero attached hydrogens (tertiary/aromatic N) is 1. The van der Waals surface area contributed by atoms with Gasteiger partial charge in [0, 0.05) is 17.8 Å². The maximum atomic E-state index is 11.9. The molecule has 0 aliphatic carbocycles. The van der Waals surface area contributed by atoms with Crippen molar-refractivity contribution >= 4 is 11.6 Å². The largest absolute Gasteiger partial charge is 0.399 e. The molecule has 5 N–H and O–H groups in total. The van der Waals surface area contributed by atoms with Crippen LogP contribution >= 0.6 is 0 Å². The minimum atomic E-state index is -0.790. The Bertz CT molecular complexity index is 520. The van der Waals surface area contributed by atoms with Gasteiger partial charge in [-0.15, -0.1) is 0 Å². The van der Waals surface area contributed by atoms with Crippen molar-refractivity contribution in [3.63, 3.8) is 0 Å². The fourth-order valence-corrected chi connectivity index (χ4v) is 2.85. The van der Waals surface area contributed by atoms with Crippen LogP contribution in [0.25, 0.3) is 0 Å². The number of amides is 1. The van der Waals surface area contributed by atoms with Gasteiger partial charge in [0.05, 0.1) is 6.04 Å². The van der Waals surface area contributed by atoms with E-state index in [-0.39, 0.29) is 5.91 Å². The molecule has 2 aliphatic rings. The van der Waals surface area contributed by atoms with E-state index in [0.29, 0.717) is 25.1 Å². The van der Waals surface area contributed by atoms with E-state index in [9.17, 15) is 15.0 Å². The number of nitrogens with one attached hydrogen (secondary N) is 1. The average Bonchev–Trinajstić information content (AvgIpc) is 2.66. The molecule has 1 amide bonds. The van der Waals surface area contributed by atoms with Crippen molar-refractivity contribution < 1.29 is 15.0 Å². The zero-order valence-electron chi connectivity index (χ0n) is 10.4. The molecule has 1 aromatic carbocycles. The Morgan fingerprint density at radius 1 is 1.32 bits per heavy atom. The summed E-state index contributed by atoms with van der Waals surface area (Å²) in [6.45, 7) is 0.496. The first-order chi connectivity index (χ1) is 9.06. The highest BCUT2D eigenvalue weighted by Gasteiger charge is 2.39. The summed E-state index contributed by atoms with van der Waals surface area (Å²) in [4.78, 5) is 13.6. The lowest BCUT2D eigenvalue weighted by molar-refractivity contribution is -0.139. The monoisotopic (exact) mass is 263 g/mol. The molecular formula is C13H17N3O3. The Hall–Kier alpha value is -1.63. The molecule has 3 atom stereocenters. The molecular weight excluding hydrogens is 246 g/mol. The van der Waals surface area contributed by atoms with Crippen LogP contribution < -0.4 is 11.1 Å². The molecule has 0 spiro atoms. The lowest BCUT2D eigenvalue weighted by Crippen LogP contribution is -2.53. The maximum Gasteiger partial charge on any atom is 0.239 e. The minimum Gasteiger partial charge on any atom is -0.399 e. The molecule has 0 aromatic heterocycles. The van der Waals surface area contributed by atoms with Gasteiger partial charge in [0.1, 0.15) is 12.5 Å². The van der Waals surface area contributed by atoms with Crippen molar-refractivity contribution in [2.75, 3.05) is 5.73 Å². The molecule has 102 valence electrons. The van der Waals surface area contributed by atoms with Crippen molar-refractivity contribution in [3.05, 3.63) is 29.3 Å². The van der Waals surface area contributed by atoms with Crippen LogP contribution in [0, 0.1) is 0 Å². The average molecular weight is 263 g/mol. The van der Waals surface area contributed by atoms with Crippen molar-refractivity contribution in [1.29, 1.82) is 0 Å². The third-order valence-corrected chi connectivity index (χ3v) is 3.84. The van der Waals surface area contributed by atoms with Crippen molar-refractivity contribution in [3.8, 4) is 0 Å². The van der Waals surface area contributed by atoms with E-state index < -0.39 is 18.5 Å². The van der Waals surface area contributed by atoms with Crippen molar-refractivity contribution in [1.82, 2.24) is 10.2 Å². The van der Waals surface area contributed by atoms with E-state index in [2.05, 4.69) is 5.32 Å². The highest BCUT2D eigenvalue weighted by Crippen LogP contribution is 2.36. The molecule has 0 radical (unpaired) electrons. The molecule has 0 saturated carbocycles. The zero-order valence-corrected chi connectivity index (χ0v) is 10.4. The standard InChI is InChI=1S/C13H17N3O3/c14-8-1-2-9-7(5-8)6-16(13(9)19)10-3-4-11(17)15-12(10)18/h1-2,5,10-11,13,17,19H,3-4,6,14H2,(H,15,18). The van der Waals surface area contributed by atoms with Crippen LogP contribution in [0.2, 0.25) is 0 Å². The highest BCUT2D eigenvalue weighted by molar-refractivity contribution is 5.82. The number of piperidine rings is 1. The molecule has 2 aliphatic heterocycles. The van der Waals surface area contributed by atoms with Crippen LogP contribution in [0.1, 0.15) is 30.2 Å². The molecule has 6 heteroatoms. The number of hydrogen-bond donors (Lipinski definition) is 4. The number of aliphatic hydroxyl groups is 2. The van der Waals surface area contributed by atoms with Gasteiger partial charge in [0.25, 0.3) is 0 Å². The lowest BCUT2D eigenvalue weighted by Gasteiger charge is -2.34. The molecule has 6 nitrogen and oxygen atoms in total. The van der Waals surface area contributed by atoms with E-state index in [1.165, 1.54) is 0 Å². The summed E-state index contributed by atoms with van der Waals surface area (Å²) >= 11 is 0. The van der Waals surface area contributed by atoms with Crippen molar-refractivity contribution in [2.24, 2.45) is 0 Å². The second kappa shape index (κ2) is 4.48. The first kappa shape index (κ1) is 12.4. The predicted octanol–water partition coefficient (Wildman–Crippen LogP) is -0.328. The number of aliphatic hydroxyl groups excluding tert-OH is 2. The summed E-state index contributed by atoms with van der Waals surface area (Å²) in [6.07, 6.45) is -0.533. The van der Waals surface area contributed by atoms with E-state index >= 15 is 0 Å². The first-order valence-electron chi connectivity index (χ1n) is 6.37. The number of rotatable bonds is 1. The Balaban J connectivity index is 1.83. The number of carbonyl (C=O) groups excluding carboxylic acids is 1. The lowest BCUT2D eigenvalue weighted by atomic mass is 10.0. The van der Waals surface area contributed by atoms with Crippen LogP contribution in [0.5, 0.6) is 0 Å². The van der Waals surface area contributed by atoms with E-state index in [0.717, 1.165) is 11.1 Å². The molecule has 0 bridgehead atoms. The molecule has 3 rings (SSSR count). The summed E-state index contributed by atoms with van der Waals surface area (Å²) in [5.41, 5.74) is 8.13. The van der Waals surface area contributed by atoms with E-state index in [4.69, 9.17) is 5.73 Å². The SMILES string of the molecule is Nc1ccc2c(c1)CN(C1CCC(O)NC1=O)C2O. The Kier molecular flexibility index (Phi) is 2.93. The third-order valence-electron chi connectivity index (χ3n) is 3.84. The van der Waals surface area contributed by atoms with Gasteiger partial charge in [0.15, 0.2) is 0 Å². The van der Waals surface area contributed by atoms with Gasteiger partial charge in [-0.05, 0) is 30.5 Å². The van der Waals surface area contributed by atoms with Crippen LogP contribution in [-0.4, -0.2) is 33.3 Å². The van der Waals surface area contributed by atoms with Gasteiger partial charge in [-0.1, -0.05) is 6.07 Å². The fraction of sp³-hybridized carbons (Fsp3) is 0.462. The normalized spacial score (nSPS) is 31.1. The third kappa shape index (κ3) is 2.07. The molecule has 1 fully saturated rings. The molecule has 3 unspecified atom stereocenters. The number of hydrogen-bond acceptors (Lipinski definition) is 5. The van der Waals surface area contributed by atoms with Gasteiger partial charge < -0.3 is 21.3 Å². The number of nitrogen functional groups attached to an aromatic ring is 1. The number of carbonyl (C=O) groups is 1. The Morgan fingerprint density at radius 2 is 2.11 bits per heavy atom. The number of nitrogens with two attached hydrogens (primary N) is 1. The van der Waals surface area contributed by atoms with E-state index in [1.54, 1.807) is 17.0 Å². The van der Waals surface area contributed by atoms with Crippen LogP contribution in [0.4, 0.5) is 5.69 Å². The van der Waals surface area contributed by atoms with Gasteiger partial charge in [-0.25, -0.2) is 0 Å². The van der Waals surface area contributed by atoms with Gasteiger partial charge in [-0.3, -0.25) is 9.69 Å². The van der Waals surface area contributed by atoms with Gasteiger partial charge in [-0.2, -0.15) is 0 Å². The minimum absolute atomic E-state index is 0.237. The highest BCUT2D eigenvalue weighted by atomic mass is 16.3. The quantitative estimate of drug-likeness (QED) is 0.520. The van der Waals surface area contributed by atoms with E-state index in [1.807, 2.05) is 6.07 Å². The second-order valence-electron chi connectivity index (χ2n) is 5.12. The summed E-state index contributed by atoms with van der Waals surface area (Å²) in [7, 11) is 0. The fourth-order valence-electron chi connectivity index (χ4n) is 2.85. The van der Waals surface area contributed by atoms with Crippen LogP contribution in [0.3, 0.4) is 0 Å². The zero-order chi connectivity index (χ0) is 13.6. The number of fused-ring (bicyclic) bond motifs is 1. The summed E-state index contributed by atoms with van der Waals surface area (Å²) in [5.74, 6) is -0.237. The maximum absolute atomic E-state index is 11.9. The molecule has 2 heterocycles. The van der Waals surface area contributed by atoms with Gasteiger partial charge >= 0.3 is 0 Å². The molecule has 1 saturated heterocycles. The summed E-state index contributed by atoms with van der Waals surface area (Å²) in [5, 5.41) is 22.2. The predicted molar refractivity (Wildman–Crippen MR) is 68.5 cm³/mol. The second-order valence-corrected chi connectivity index (χ2v) is 5.12. The number of benzene rings is 1.